The predicted molar refractivity (Wildman–Crippen MR) is 98.7 cm³/mol. The number of alkyl halides is 9. The number of rotatable bonds is 7. The Bertz CT molecular complexity index is 935. The normalized spacial score (nSPS) is 14.6. The molecular formula is C21H18F9NO2. The number of amides is 1. The van der Waals surface area contributed by atoms with Gasteiger partial charge in [-0.05, 0) is 48.4 Å². The molecule has 0 aliphatic rings. The maximum Gasteiger partial charge on any atom is 0.416 e. The van der Waals surface area contributed by atoms with E-state index in [-0.39, 0.29) is 18.0 Å². The van der Waals surface area contributed by atoms with E-state index in [0.717, 1.165) is 30.2 Å². The van der Waals surface area contributed by atoms with Crippen molar-refractivity contribution in [2.24, 2.45) is 0 Å². The van der Waals surface area contributed by atoms with Crippen LogP contribution in [-0.2, 0) is 34.6 Å². The van der Waals surface area contributed by atoms with Gasteiger partial charge in [-0.1, -0.05) is 12.1 Å². The number of carbonyl (C=O) groups is 1. The average molecular weight is 487 g/mol. The van der Waals surface area contributed by atoms with Crippen LogP contribution in [0.3, 0.4) is 0 Å². The molecule has 2 atom stereocenters. The average Bonchev–Trinajstić information content (AvgIpc) is 2.70. The second-order valence-electron chi connectivity index (χ2n) is 7.21. The second-order valence-corrected chi connectivity index (χ2v) is 7.21. The van der Waals surface area contributed by atoms with E-state index in [2.05, 4.69) is 0 Å². The molecule has 33 heavy (non-hydrogen) atoms. The Labute approximate surface area is 182 Å². The second kappa shape index (κ2) is 9.62. The summed E-state index contributed by atoms with van der Waals surface area (Å²) in [7, 11) is 1.15. The van der Waals surface area contributed by atoms with E-state index in [0.29, 0.717) is 12.1 Å². The molecule has 12 heteroatoms. The molecule has 2 aromatic rings. The van der Waals surface area contributed by atoms with Crippen LogP contribution >= 0.6 is 0 Å². The highest BCUT2D eigenvalue weighted by Crippen LogP contribution is 2.37. The smallest absolute Gasteiger partial charge is 0.375 e. The fraction of sp³-hybridized carbons (Fsp3) is 0.381. The Hall–Kier alpha value is -2.76. The number of ether oxygens (including phenoxy) is 1. The lowest BCUT2D eigenvalue weighted by Gasteiger charge is -2.32. The zero-order valence-corrected chi connectivity index (χ0v) is 17.1. The van der Waals surface area contributed by atoms with Crippen molar-refractivity contribution in [2.75, 3.05) is 7.11 Å². The maximum atomic E-state index is 13.1. The first-order valence-corrected chi connectivity index (χ1v) is 9.27. The van der Waals surface area contributed by atoms with Crippen LogP contribution in [-0.4, -0.2) is 24.5 Å². The van der Waals surface area contributed by atoms with Crippen molar-refractivity contribution < 1.29 is 49.0 Å². The molecule has 182 valence electrons. The number of benzene rings is 2. The van der Waals surface area contributed by atoms with Gasteiger partial charge in [-0.2, -0.15) is 39.5 Å². The first-order valence-electron chi connectivity index (χ1n) is 9.27. The van der Waals surface area contributed by atoms with Crippen molar-refractivity contribution in [3.8, 4) is 0 Å². The van der Waals surface area contributed by atoms with Gasteiger partial charge in [-0.25, -0.2) is 0 Å². The molecule has 0 heterocycles. The first-order chi connectivity index (χ1) is 15.1. The van der Waals surface area contributed by atoms with Crippen molar-refractivity contribution in [1.82, 2.24) is 4.90 Å². The fourth-order valence-corrected chi connectivity index (χ4v) is 3.28. The number of carbonyl (C=O) groups excluding carboxylic acids is 1. The van der Waals surface area contributed by atoms with Gasteiger partial charge in [0.15, 0.2) is 0 Å². The van der Waals surface area contributed by atoms with Crippen LogP contribution in [0.5, 0.6) is 0 Å². The number of hydrogen-bond donors (Lipinski definition) is 0. The largest absolute Gasteiger partial charge is 0.416 e. The van der Waals surface area contributed by atoms with Crippen molar-refractivity contribution in [1.29, 1.82) is 0 Å². The zero-order valence-electron chi connectivity index (χ0n) is 17.1. The molecule has 0 aliphatic heterocycles. The van der Waals surface area contributed by atoms with Gasteiger partial charge < -0.3 is 9.64 Å². The molecule has 2 aromatic carbocycles. The molecule has 0 bridgehead atoms. The third-order valence-corrected chi connectivity index (χ3v) is 4.91. The van der Waals surface area contributed by atoms with E-state index in [9.17, 15) is 44.3 Å². The first kappa shape index (κ1) is 26.5. The lowest BCUT2D eigenvalue weighted by Crippen LogP contribution is -2.37. The summed E-state index contributed by atoms with van der Waals surface area (Å²) in [5.41, 5.74) is -4.53. The SMILES string of the molecule is CO[C@H](c1cccc(C(F)(F)F)c1)C(C)N(C=O)Cc1cc(C(F)(F)F)cc(C(F)(F)F)c1. The van der Waals surface area contributed by atoms with E-state index in [1.807, 2.05) is 0 Å². The van der Waals surface area contributed by atoms with Gasteiger partial charge in [-0.15, -0.1) is 0 Å². The number of halogens is 9. The van der Waals surface area contributed by atoms with Crippen LogP contribution in [0.2, 0.25) is 0 Å². The third-order valence-electron chi connectivity index (χ3n) is 4.91. The minimum absolute atomic E-state index is 0.0201. The molecule has 1 unspecified atom stereocenters. The van der Waals surface area contributed by atoms with E-state index >= 15 is 0 Å². The Morgan fingerprint density at radius 1 is 0.848 bits per heavy atom. The Morgan fingerprint density at radius 2 is 1.36 bits per heavy atom. The molecule has 2 rings (SSSR count). The number of nitrogens with zero attached hydrogens (tertiary/aromatic N) is 1. The number of hydrogen-bond acceptors (Lipinski definition) is 2. The summed E-state index contributed by atoms with van der Waals surface area (Å²) >= 11 is 0. The summed E-state index contributed by atoms with van der Waals surface area (Å²) in [4.78, 5) is 12.5. The minimum atomic E-state index is -5.07. The van der Waals surface area contributed by atoms with Gasteiger partial charge >= 0.3 is 18.5 Å². The summed E-state index contributed by atoms with van der Waals surface area (Å²) in [5.74, 6) is 0. The van der Waals surface area contributed by atoms with Crippen LogP contribution in [0.4, 0.5) is 39.5 Å². The molecule has 0 saturated carbocycles. The molecule has 0 spiro atoms. The van der Waals surface area contributed by atoms with Crippen molar-refractivity contribution in [2.45, 2.75) is 44.1 Å². The Kier molecular flexibility index (Phi) is 7.72. The lowest BCUT2D eigenvalue weighted by molar-refractivity contribution is -0.143. The molecule has 0 aliphatic carbocycles. The standard InChI is InChI=1S/C21H18F9NO2/c1-12(18(33-2)14-4-3-5-15(8-14)19(22,23)24)31(11-32)10-13-6-16(20(25,26)27)9-17(7-13)21(28,29)30/h3-9,11-12,18H,10H2,1-2H3/t12?,18-/m0/s1. The van der Waals surface area contributed by atoms with Gasteiger partial charge in [-0.3, -0.25) is 4.79 Å². The van der Waals surface area contributed by atoms with Gasteiger partial charge in [0.25, 0.3) is 0 Å². The summed E-state index contributed by atoms with van der Waals surface area (Å²) in [6.45, 7) is 0.678. The third kappa shape index (κ3) is 6.62. The molecular weight excluding hydrogens is 469 g/mol. The monoisotopic (exact) mass is 487 g/mol. The highest BCUT2D eigenvalue weighted by atomic mass is 19.4. The van der Waals surface area contributed by atoms with Crippen LogP contribution in [0.1, 0.15) is 40.8 Å². The van der Waals surface area contributed by atoms with Crippen molar-refractivity contribution in [3.63, 3.8) is 0 Å². The highest BCUT2D eigenvalue weighted by molar-refractivity contribution is 5.49. The topological polar surface area (TPSA) is 29.5 Å². The van der Waals surface area contributed by atoms with Crippen LogP contribution < -0.4 is 0 Å². The van der Waals surface area contributed by atoms with Crippen molar-refractivity contribution >= 4 is 6.41 Å². The Morgan fingerprint density at radius 3 is 1.79 bits per heavy atom. The molecule has 1 amide bonds. The predicted octanol–water partition coefficient (Wildman–Crippen LogP) is 6.48. The van der Waals surface area contributed by atoms with E-state index in [1.54, 1.807) is 0 Å². The lowest BCUT2D eigenvalue weighted by atomic mass is 9.99. The Balaban J connectivity index is 2.41. The minimum Gasteiger partial charge on any atom is -0.375 e. The van der Waals surface area contributed by atoms with Crippen LogP contribution in [0.15, 0.2) is 42.5 Å². The molecule has 0 radical (unpaired) electrons. The zero-order chi connectivity index (χ0) is 25.2. The summed E-state index contributed by atoms with van der Waals surface area (Å²) in [5, 5.41) is 0. The van der Waals surface area contributed by atoms with Crippen molar-refractivity contribution in [3.05, 3.63) is 70.3 Å². The summed E-state index contributed by atoms with van der Waals surface area (Å²) < 4.78 is 123. The van der Waals surface area contributed by atoms with E-state index in [4.69, 9.17) is 4.74 Å². The molecule has 0 aromatic heterocycles. The number of methoxy groups -OCH3 is 1. The molecule has 0 saturated heterocycles. The van der Waals surface area contributed by atoms with Gasteiger partial charge in [0, 0.05) is 13.7 Å². The fourth-order valence-electron chi connectivity index (χ4n) is 3.28. The highest BCUT2D eigenvalue weighted by Gasteiger charge is 2.37. The van der Waals surface area contributed by atoms with E-state index in [1.165, 1.54) is 13.0 Å². The van der Waals surface area contributed by atoms with Gasteiger partial charge in [0.1, 0.15) is 6.10 Å². The quantitative estimate of drug-likeness (QED) is 0.331. The van der Waals surface area contributed by atoms with Gasteiger partial charge in [0.2, 0.25) is 6.41 Å². The molecule has 3 nitrogen and oxygen atoms in total. The van der Waals surface area contributed by atoms with Gasteiger partial charge in [0.05, 0.1) is 22.7 Å². The van der Waals surface area contributed by atoms with Crippen LogP contribution in [0, 0.1) is 0 Å². The molecule has 0 N–H and O–H groups in total. The summed E-state index contributed by atoms with van der Waals surface area (Å²) in [6.07, 6.45) is -15.8. The van der Waals surface area contributed by atoms with E-state index < -0.39 is 59.5 Å². The summed E-state index contributed by atoms with van der Waals surface area (Å²) in [6, 6.07) is 3.90. The van der Waals surface area contributed by atoms with Crippen LogP contribution in [0.25, 0.3) is 0 Å². The maximum absolute atomic E-state index is 13.1. The molecule has 0 fully saturated rings.